The van der Waals surface area contributed by atoms with Crippen molar-refractivity contribution in [3.05, 3.63) is 46.8 Å². The number of fused-ring (bicyclic) bond motifs is 1. The summed E-state index contributed by atoms with van der Waals surface area (Å²) >= 11 is 0. The van der Waals surface area contributed by atoms with Gasteiger partial charge >= 0.3 is 12.6 Å². The molecule has 0 bridgehead atoms. The average Bonchev–Trinajstić information content (AvgIpc) is 2.98. The molecule has 1 unspecified atom stereocenters. The van der Waals surface area contributed by atoms with Crippen molar-refractivity contribution in [2.24, 2.45) is 0 Å². The minimum absolute atomic E-state index is 0.139. The van der Waals surface area contributed by atoms with E-state index in [1.165, 1.54) is 6.07 Å². The van der Waals surface area contributed by atoms with Gasteiger partial charge in [0.2, 0.25) is 0 Å². The van der Waals surface area contributed by atoms with Gasteiger partial charge in [-0.25, -0.2) is 4.79 Å². The van der Waals surface area contributed by atoms with Crippen LogP contribution in [0.4, 0.5) is 13.6 Å². The first-order chi connectivity index (χ1) is 12.0. The highest BCUT2D eigenvalue weighted by Gasteiger charge is 2.22. The summed E-state index contributed by atoms with van der Waals surface area (Å²) < 4.78 is 34.0. The molecule has 2 amide bonds. The van der Waals surface area contributed by atoms with Crippen molar-refractivity contribution in [2.75, 3.05) is 0 Å². The average molecular weight is 351 g/mol. The molecule has 1 aromatic heterocycles. The van der Waals surface area contributed by atoms with E-state index < -0.39 is 6.61 Å². The van der Waals surface area contributed by atoms with E-state index in [1.807, 2.05) is 0 Å². The number of ether oxygens (including phenoxy) is 1. The molecule has 1 heterocycles. The van der Waals surface area contributed by atoms with Crippen molar-refractivity contribution in [3.8, 4) is 5.75 Å². The summed E-state index contributed by atoms with van der Waals surface area (Å²) in [6.45, 7) is -0.799. The second-order valence-corrected chi connectivity index (χ2v) is 5.94. The first-order valence-corrected chi connectivity index (χ1v) is 8.05. The van der Waals surface area contributed by atoms with Crippen molar-refractivity contribution in [1.29, 1.82) is 0 Å². The molecule has 0 aliphatic heterocycles. The molecule has 2 N–H and O–H groups in total. The van der Waals surface area contributed by atoms with Gasteiger partial charge in [0.1, 0.15) is 17.2 Å². The summed E-state index contributed by atoms with van der Waals surface area (Å²) in [6, 6.07) is 6.13. The molecular weight excluding hydrogens is 332 g/mol. The largest absolute Gasteiger partial charge is 0.435 e. The van der Waals surface area contributed by atoms with Gasteiger partial charge in [0.05, 0.1) is 12.6 Å². The zero-order valence-electron chi connectivity index (χ0n) is 13.7. The first kappa shape index (κ1) is 17.2. The molecular formula is C17H19F2N3O3. The lowest BCUT2D eigenvalue weighted by molar-refractivity contribution is -0.0499. The van der Waals surface area contributed by atoms with Crippen molar-refractivity contribution in [1.82, 2.24) is 15.8 Å². The number of rotatable bonds is 5. The standard InChI is InChI=1S/C17H19F2N3O3/c1-10-7-12(22-25-10)9-20-17(23)21-15-4-2-3-11-8-13(24-16(18)19)5-6-14(11)15/h5-8,15-16H,2-4,9H2,1H3,(H2,20,21,23). The highest BCUT2D eigenvalue weighted by Crippen LogP contribution is 2.32. The number of aryl methyl sites for hydroxylation is 2. The number of benzene rings is 1. The minimum atomic E-state index is -2.85. The number of urea groups is 1. The van der Waals surface area contributed by atoms with Crippen molar-refractivity contribution >= 4 is 6.03 Å². The van der Waals surface area contributed by atoms with Crippen LogP contribution in [0.5, 0.6) is 5.75 Å². The summed E-state index contributed by atoms with van der Waals surface area (Å²) in [6.07, 6.45) is 2.42. The Morgan fingerprint density at radius 2 is 2.28 bits per heavy atom. The van der Waals surface area contributed by atoms with E-state index in [1.54, 1.807) is 25.1 Å². The molecule has 134 valence electrons. The van der Waals surface area contributed by atoms with Crippen molar-refractivity contribution in [2.45, 2.75) is 45.4 Å². The molecule has 0 fully saturated rings. The number of halogens is 2. The molecule has 2 aromatic rings. The van der Waals surface area contributed by atoms with E-state index in [4.69, 9.17) is 4.52 Å². The number of alkyl halides is 2. The molecule has 1 atom stereocenters. The summed E-state index contributed by atoms with van der Waals surface area (Å²) in [7, 11) is 0. The Labute approximate surface area is 143 Å². The smallest absolute Gasteiger partial charge is 0.387 e. The SMILES string of the molecule is Cc1cc(CNC(=O)NC2CCCc3cc(OC(F)F)ccc32)no1. The lowest BCUT2D eigenvalue weighted by atomic mass is 9.87. The number of carbonyl (C=O) groups is 1. The Balaban J connectivity index is 1.61. The van der Waals surface area contributed by atoms with Crippen LogP contribution in [-0.4, -0.2) is 17.8 Å². The molecule has 1 aliphatic carbocycles. The predicted octanol–water partition coefficient (Wildman–Crippen LogP) is 3.46. The van der Waals surface area contributed by atoms with Crippen LogP contribution < -0.4 is 15.4 Å². The van der Waals surface area contributed by atoms with E-state index in [2.05, 4.69) is 20.5 Å². The maximum absolute atomic E-state index is 12.3. The van der Waals surface area contributed by atoms with Gasteiger partial charge < -0.3 is 19.9 Å². The van der Waals surface area contributed by atoms with Gasteiger partial charge in [-0.15, -0.1) is 0 Å². The van der Waals surface area contributed by atoms with Crippen molar-refractivity contribution in [3.63, 3.8) is 0 Å². The maximum atomic E-state index is 12.3. The van der Waals surface area contributed by atoms with Crippen LogP contribution in [-0.2, 0) is 13.0 Å². The molecule has 8 heteroatoms. The third kappa shape index (κ3) is 4.46. The lowest BCUT2D eigenvalue weighted by Gasteiger charge is -2.27. The van der Waals surface area contributed by atoms with E-state index >= 15 is 0 Å². The van der Waals surface area contributed by atoms with Crippen molar-refractivity contribution < 1.29 is 22.8 Å². The van der Waals surface area contributed by atoms with Gasteiger partial charge in [-0.05, 0) is 49.4 Å². The van der Waals surface area contributed by atoms with Crippen LogP contribution in [0.3, 0.4) is 0 Å². The third-order valence-corrected chi connectivity index (χ3v) is 4.07. The van der Waals surface area contributed by atoms with Crippen LogP contribution in [0.15, 0.2) is 28.8 Å². The fourth-order valence-corrected chi connectivity index (χ4v) is 3.00. The van der Waals surface area contributed by atoms with Gasteiger partial charge in [0.15, 0.2) is 0 Å². The molecule has 3 rings (SSSR count). The number of hydrogen-bond donors (Lipinski definition) is 2. The fourth-order valence-electron chi connectivity index (χ4n) is 3.00. The van der Waals surface area contributed by atoms with E-state index in [-0.39, 0.29) is 24.4 Å². The summed E-state index contributed by atoms with van der Waals surface area (Å²) in [5.41, 5.74) is 2.49. The van der Waals surface area contributed by atoms with Gasteiger partial charge in [-0.2, -0.15) is 8.78 Å². The monoisotopic (exact) mass is 351 g/mol. The van der Waals surface area contributed by atoms with E-state index in [9.17, 15) is 13.6 Å². The van der Waals surface area contributed by atoms with Crippen LogP contribution in [0.1, 0.15) is 41.5 Å². The predicted molar refractivity (Wildman–Crippen MR) is 85.4 cm³/mol. The summed E-state index contributed by atoms with van der Waals surface area (Å²) in [5, 5.41) is 9.46. The lowest BCUT2D eigenvalue weighted by Crippen LogP contribution is -2.38. The molecule has 25 heavy (non-hydrogen) atoms. The first-order valence-electron chi connectivity index (χ1n) is 8.05. The number of nitrogens with one attached hydrogen (secondary N) is 2. The zero-order valence-corrected chi connectivity index (χ0v) is 13.7. The van der Waals surface area contributed by atoms with Gasteiger partial charge in [-0.3, -0.25) is 0 Å². The Morgan fingerprint density at radius 3 is 3.00 bits per heavy atom. The van der Waals surface area contributed by atoms with Crippen LogP contribution in [0.2, 0.25) is 0 Å². The zero-order chi connectivity index (χ0) is 17.8. The third-order valence-electron chi connectivity index (χ3n) is 4.07. The topological polar surface area (TPSA) is 76.4 Å². The minimum Gasteiger partial charge on any atom is -0.435 e. The molecule has 0 spiro atoms. The van der Waals surface area contributed by atoms with Gasteiger partial charge in [0, 0.05) is 6.07 Å². The quantitative estimate of drug-likeness (QED) is 0.865. The number of aromatic nitrogens is 1. The van der Waals surface area contributed by atoms with Crippen LogP contribution in [0.25, 0.3) is 0 Å². The van der Waals surface area contributed by atoms with Crippen LogP contribution in [0, 0.1) is 6.92 Å². The normalized spacial score (nSPS) is 16.4. The Morgan fingerprint density at radius 1 is 1.44 bits per heavy atom. The maximum Gasteiger partial charge on any atom is 0.387 e. The number of carbonyl (C=O) groups excluding carboxylic acids is 1. The fraction of sp³-hybridized carbons (Fsp3) is 0.412. The summed E-state index contributed by atoms with van der Waals surface area (Å²) in [4.78, 5) is 12.1. The van der Waals surface area contributed by atoms with Gasteiger partial charge in [0.25, 0.3) is 0 Å². The highest BCUT2D eigenvalue weighted by atomic mass is 19.3. The molecule has 6 nitrogen and oxygen atoms in total. The molecule has 0 radical (unpaired) electrons. The number of hydrogen-bond acceptors (Lipinski definition) is 4. The van der Waals surface area contributed by atoms with E-state index in [0.717, 1.165) is 30.4 Å². The molecule has 1 aromatic carbocycles. The van der Waals surface area contributed by atoms with Crippen LogP contribution >= 0.6 is 0 Å². The summed E-state index contributed by atoms with van der Waals surface area (Å²) in [5.74, 6) is 0.820. The molecule has 0 saturated carbocycles. The Hall–Kier alpha value is -2.64. The number of amides is 2. The number of nitrogens with zero attached hydrogens (tertiary/aromatic N) is 1. The Bertz CT molecular complexity index is 748. The Kier molecular flexibility index (Phi) is 5.16. The van der Waals surface area contributed by atoms with Gasteiger partial charge in [-0.1, -0.05) is 11.2 Å². The second kappa shape index (κ2) is 7.50. The highest BCUT2D eigenvalue weighted by molar-refractivity contribution is 5.74. The second-order valence-electron chi connectivity index (χ2n) is 5.94. The van der Waals surface area contributed by atoms with E-state index in [0.29, 0.717) is 11.5 Å². The molecule has 1 aliphatic rings. The molecule has 0 saturated heterocycles.